The molecule has 0 heterocycles. The van der Waals surface area contributed by atoms with Gasteiger partial charge in [0, 0.05) is 12.6 Å². The minimum absolute atomic E-state index is 0.151. The van der Waals surface area contributed by atoms with Crippen LogP contribution in [-0.4, -0.2) is 29.9 Å². The van der Waals surface area contributed by atoms with E-state index in [2.05, 4.69) is 5.32 Å². The number of rotatable bonds is 5. The summed E-state index contributed by atoms with van der Waals surface area (Å²) < 4.78 is 0. The van der Waals surface area contributed by atoms with E-state index in [4.69, 9.17) is 11.6 Å². The number of hydrogen-bond acceptors (Lipinski definition) is 2. The molecule has 0 radical (unpaired) electrons. The molecular weight excluding hydrogens is 248 g/mol. The number of carbonyl (C=O) groups is 1. The zero-order valence-electron chi connectivity index (χ0n) is 10.9. The smallest absolute Gasteiger partial charge is 0.242 e. The van der Waals surface area contributed by atoms with E-state index in [-0.39, 0.29) is 5.91 Å². The highest BCUT2D eigenvalue weighted by Gasteiger charge is 2.30. The number of aryl methyl sites for hydroxylation is 1. The van der Waals surface area contributed by atoms with Gasteiger partial charge < -0.3 is 10.2 Å². The number of carbonyl (C=O) groups excluding carboxylic acids is 1. The lowest BCUT2D eigenvalue weighted by Crippen LogP contribution is -2.37. The van der Waals surface area contributed by atoms with Gasteiger partial charge in [-0.1, -0.05) is 23.7 Å². The van der Waals surface area contributed by atoms with Crippen LogP contribution in [0.4, 0.5) is 5.69 Å². The predicted octanol–water partition coefficient (Wildman–Crippen LogP) is 3.07. The maximum absolute atomic E-state index is 12.0. The van der Waals surface area contributed by atoms with Gasteiger partial charge in [0.15, 0.2) is 0 Å². The summed E-state index contributed by atoms with van der Waals surface area (Å²) in [5, 5.41) is 3.82. The molecule has 98 valence electrons. The van der Waals surface area contributed by atoms with Crippen molar-refractivity contribution in [2.75, 3.05) is 18.4 Å². The number of anilines is 1. The highest BCUT2D eigenvalue weighted by Crippen LogP contribution is 2.27. The number of benzene rings is 1. The average molecular weight is 267 g/mol. The third-order valence-electron chi connectivity index (χ3n) is 3.27. The highest BCUT2D eigenvalue weighted by molar-refractivity contribution is 6.34. The van der Waals surface area contributed by atoms with Crippen molar-refractivity contribution in [3.8, 4) is 0 Å². The molecule has 1 aliphatic rings. The monoisotopic (exact) mass is 266 g/mol. The van der Waals surface area contributed by atoms with E-state index in [1.165, 1.54) is 0 Å². The fourth-order valence-corrected chi connectivity index (χ4v) is 2.27. The molecule has 18 heavy (non-hydrogen) atoms. The van der Waals surface area contributed by atoms with Crippen LogP contribution in [0.2, 0.25) is 5.02 Å². The first kappa shape index (κ1) is 13.2. The molecule has 4 heteroatoms. The second-order valence-corrected chi connectivity index (χ2v) is 5.08. The fraction of sp³-hybridized carbons (Fsp3) is 0.500. The third kappa shape index (κ3) is 2.96. The summed E-state index contributed by atoms with van der Waals surface area (Å²) in [6.45, 7) is 5.08. The van der Waals surface area contributed by atoms with Gasteiger partial charge in [-0.05, 0) is 38.3 Å². The van der Waals surface area contributed by atoms with Gasteiger partial charge in [-0.2, -0.15) is 0 Å². The largest absolute Gasteiger partial charge is 0.375 e. The topological polar surface area (TPSA) is 32.3 Å². The Morgan fingerprint density at radius 3 is 2.83 bits per heavy atom. The van der Waals surface area contributed by atoms with Crippen molar-refractivity contribution in [1.82, 2.24) is 4.90 Å². The van der Waals surface area contributed by atoms with Crippen molar-refractivity contribution in [1.29, 1.82) is 0 Å². The Kier molecular flexibility index (Phi) is 4.12. The van der Waals surface area contributed by atoms with Gasteiger partial charge in [-0.25, -0.2) is 0 Å². The molecule has 1 amide bonds. The predicted molar refractivity (Wildman–Crippen MR) is 75.1 cm³/mol. The molecule has 1 aromatic rings. The van der Waals surface area contributed by atoms with Crippen LogP contribution in [0.1, 0.15) is 25.3 Å². The number of halogens is 1. The molecule has 0 unspecified atom stereocenters. The van der Waals surface area contributed by atoms with Crippen LogP contribution in [0.5, 0.6) is 0 Å². The van der Waals surface area contributed by atoms with Gasteiger partial charge in [-0.15, -0.1) is 0 Å². The van der Waals surface area contributed by atoms with Crippen molar-refractivity contribution < 1.29 is 4.79 Å². The third-order valence-corrected chi connectivity index (χ3v) is 3.77. The minimum Gasteiger partial charge on any atom is -0.375 e. The van der Waals surface area contributed by atoms with Crippen molar-refractivity contribution in [3.63, 3.8) is 0 Å². The number of nitrogens with one attached hydrogen (secondary N) is 1. The molecule has 1 N–H and O–H groups in total. The molecule has 0 aliphatic heterocycles. The molecule has 1 fully saturated rings. The standard InChI is InChI=1S/C14H19ClN2O/c1-3-17(11-7-8-11)13(18)9-16-12-6-4-5-10(2)14(12)15/h4-6,11,16H,3,7-9H2,1-2H3. The van der Waals surface area contributed by atoms with Crippen LogP contribution in [0.25, 0.3) is 0 Å². The molecule has 1 aliphatic carbocycles. The molecule has 0 atom stereocenters. The minimum atomic E-state index is 0.151. The summed E-state index contributed by atoms with van der Waals surface area (Å²) in [6, 6.07) is 6.26. The molecule has 0 spiro atoms. The van der Waals surface area contributed by atoms with Crippen LogP contribution < -0.4 is 5.32 Å². The molecule has 0 saturated heterocycles. The first-order chi connectivity index (χ1) is 8.63. The summed E-state index contributed by atoms with van der Waals surface area (Å²) in [5.41, 5.74) is 1.85. The lowest BCUT2D eigenvalue weighted by atomic mass is 10.2. The Hall–Kier alpha value is -1.22. The molecule has 3 nitrogen and oxygen atoms in total. The van der Waals surface area contributed by atoms with Gasteiger partial charge >= 0.3 is 0 Å². The average Bonchev–Trinajstić information content (AvgIpc) is 3.16. The maximum atomic E-state index is 12.0. The first-order valence-electron chi connectivity index (χ1n) is 6.42. The maximum Gasteiger partial charge on any atom is 0.242 e. The van der Waals surface area contributed by atoms with Crippen molar-refractivity contribution in [2.24, 2.45) is 0 Å². The van der Waals surface area contributed by atoms with Crippen molar-refractivity contribution >= 4 is 23.2 Å². The Morgan fingerprint density at radius 1 is 1.50 bits per heavy atom. The fourth-order valence-electron chi connectivity index (χ4n) is 2.08. The SMILES string of the molecule is CCN(C(=O)CNc1cccc(C)c1Cl)C1CC1. The molecule has 0 bridgehead atoms. The molecule has 0 aromatic heterocycles. The molecule has 2 rings (SSSR count). The molecule has 1 saturated carbocycles. The van der Waals surface area contributed by atoms with E-state index < -0.39 is 0 Å². The Bertz CT molecular complexity index is 443. The Balaban J connectivity index is 1.94. The van der Waals surface area contributed by atoms with E-state index >= 15 is 0 Å². The lowest BCUT2D eigenvalue weighted by Gasteiger charge is -2.21. The zero-order chi connectivity index (χ0) is 13.1. The van der Waals surface area contributed by atoms with Crippen LogP contribution in [0.15, 0.2) is 18.2 Å². The van der Waals surface area contributed by atoms with E-state index in [9.17, 15) is 4.79 Å². The molecular formula is C14H19ClN2O. The van der Waals surface area contributed by atoms with Crippen LogP contribution in [0, 0.1) is 6.92 Å². The zero-order valence-corrected chi connectivity index (χ0v) is 11.6. The quantitative estimate of drug-likeness (QED) is 0.888. The van der Waals surface area contributed by atoms with Gasteiger partial charge in [-0.3, -0.25) is 4.79 Å². The van der Waals surface area contributed by atoms with Gasteiger partial charge in [0.1, 0.15) is 0 Å². The summed E-state index contributed by atoms with van der Waals surface area (Å²) in [7, 11) is 0. The normalized spacial score (nSPS) is 14.4. The number of likely N-dealkylation sites (N-methyl/N-ethyl adjacent to an activating group) is 1. The van der Waals surface area contributed by atoms with Crippen LogP contribution in [0.3, 0.4) is 0 Å². The lowest BCUT2D eigenvalue weighted by molar-refractivity contribution is -0.129. The van der Waals surface area contributed by atoms with Crippen molar-refractivity contribution in [2.45, 2.75) is 32.7 Å². The Morgan fingerprint density at radius 2 is 2.22 bits per heavy atom. The number of amides is 1. The second-order valence-electron chi connectivity index (χ2n) is 4.70. The van der Waals surface area contributed by atoms with E-state index in [0.717, 1.165) is 30.6 Å². The summed E-state index contributed by atoms with van der Waals surface area (Å²) in [4.78, 5) is 14.0. The van der Waals surface area contributed by atoms with Crippen LogP contribution >= 0.6 is 11.6 Å². The van der Waals surface area contributed by atoms with Gasteiger partial charge in [0.25, 0.3) is 0 Å². The van der Waals surface area contributed by atoms with E-state index in [0.29, 0.717) is 17.6 Å². The summed E-state index contributed by atoms with van der Waals surface area (Å²) >= 11 is 6.18. The summed E-state index contributed by atoms with van der Waals surface area (Å²) in [6.07, 6.45) is 2.29. The molecule has 1 aromatic carbocycles. The van der Waals surface area contributed by atoms with Crippen LogP contribution in [-0.2, 0) is 4.79 Å². The second kappa shape index (κ2) is 5.61. The first-order valence-corrected chi connectivity index (χ1v) is 6.79. The van der Waals surface area contributed by atoms with E-state index in [1.807, 2.05) is 36.9 Å². The number of nitrogens with zero attached hydrogens (tertiary/aromatic N) is 1. The summed E-state index contributed by atoms with van der Waals surface area (Å²) in [5.74, 6) is 0.151. The van der Waals surface area contributed by atoms with Gasteiger partial charge in [0.05, 0.1) is 17.3 Å². The number of hydrogen-bond donors (Lipinski definition) is 1. The Labute approximate surface area is 113 Å². The highest BCUT2D eigenvalue weighted by atomic mass is 35.5. The van der Waals surface area contributed by atoms with Gasteiger partial charge in [0.2, 0.25) is 5.91 Å². The van der Waals surface area contributed by atoms with E-state index in [1.54, 1.807) is 0 Å². The van der Waals surface area contributed by atoms with Crippen molar-refractivity contribution in [3.05, 3.63) is 28.8 Å².